The van der Waals surface area contributed by atoms with E-state index in [0.717, 1.165) is 12.0 Å². The van der Waals surface area contributed by atoms with E-state index in [1.165, 1.54) is 18.2 Å². The number of hydrogen-bond acceptors (Lipinski definition) is 2. The first-order valence-electron chi connectivity index (χ1n) is 6.45. The van der Waals surface area contributed by atoms with Crippen molar-refractivity contribution in [1.82, 2.24) is 0 Å². The largest absolute Gasteiger partial charge is 0.478 e. The second-order valence-corrected chi connectivity index (χ2v) is 4.87. The molecular formula is C16H14ClNO3. The molecular weight excluding hydrogens is 290 g/mol. The number of amides is 1. The molecule has 0 saturated carbocycles. The number of halogens is 1. The fourth-order valence-corrected chi connectivity index (χ4v) is 2.28. The van der Waals surface area contributed by atoms with E-state index >= 15 is 0 Å². The van der Waals surface area contributed by atoms with E-state index in [4.69, 9.17) is 16.7 Å². The van der Waals surface area contributed by atoms with Crippen LogP contribution >= 0.6 is 11.6 Å². The molecule has 2 aromatic rings. The molecule has 5 heteroatoms. The van der Waals surface area contributed by atoms with Gasteiger partial charge < -0.3 is 10.4 Å². The van der Waals surface area contributed by atoms with Crippen LogP contribution in [0.2, 0.25) is 5.02 Å². The van der Waals surface area contributed by atoms with E-state index in [0.29, 0.717) is 11.3 Å². The number of carboxylic acids is 1. The molecule has 0 fully saturated rings. The summed E-state index contributed by atoms with van der Waals surface area (Å²) in [6.45, 7) is 1.98. The van der Waals surface area contributed by atoms with Crippen molar-refractivity contribution in [2.45, 2.75) is 13.3 Å². The zero-order valence-electron chi connectivity index (χ0n) is 11.4. The Labute approximate surface area is 127 Å². The van der Waals surface area contributed by atoms with Gasteiger partial charge in [0, 0.05) is 11.3 Å². The standard InChI is InChI=1S/C16H14ClNO3/c1-2-10-5-3-4-6-12(10)15(19)18-11-7-8-13(16(20)21)14(17)9-11/h3-9H,2H2,1H3,(H,18,19)(H,20,21). The van der Waals surface area contributed by atoms with E-state index in [2.05, 4.69) is 5.32 Å². The van der Waals surface area contributed by atoms with Gasteiger partial charge in [0.25, 0.3) is 5.91 Å². The van der Waals surface area contributed by atoms with Crippen LogP contribution in [0.1, 0.15) is 33.2 Å². The highest BCUT2D eigenvalue weighted by molar-refractivity contribution is 6.33. The van der Waals surface area contributed by atoms with Crippen molar-refractivity contribution >= 4 is 29.2 Å². The molecule has 0 saturated heterocycles. The number of aromatic carboxylic acids is 1. The average Bonchev–Trinajstić information content (AvgIpc) is 2.46. The molecule has 4 nitrogen and oxygen atoms in total. The minimum Gasteiger partial charge on any atom is -0.478 e. The van der Waals surface area contributed by atoms with Crippen LogP contribution in [0.15, 0.2) is 42.5 Å². The Hall–Kier alpha value is -2.33. The molecule has 2 aromatic carbocycles. The highest BCUT2D eigenvalue weighted by Crippen LogP contribution is 2.22. The SMILES string of the molecule is CCc1ccccc1C(=O)Nc1ccc(C(=O)O)c(Cl)c1. The fraction of sp³-hybridized carbons (Fsp3) is 0.125. The summed E-state index contributed by atoms with van der Waals surface area (Å²) in [6.07, 6.45) is 0.752. The third-order valence-electron chi connectivity index (χ3n) is 3.10. The maximum absolute atomic E-state index is 12.3. The summed E-state index contributed by atoms with van der Waals surface area (Å²) >= 11 is 5.88. The first-order valence-corrected chi connectivity index (χ1v) is 6.82. The van der Waals surface area contributed by atoms with Gasteiger partial charge >= 0.3 is 5.97 Å². The van der Waals surface area contributed by atoms with Crippen molar-refractivity contribution < 1.29 is 14.7 Å². The Kier molecular flexibility index (Phi) is 4.60. The molecule has 0 aliphatic carbocycles. The Balaban J connectivity index is 2.24. The predicted molar refractivity (Wildman–Crippen MR) is 82.2 cm³/mol. The summed E-state index contributed by atoms with van der Waals surface area (Å²) in [5, 5.41) is 11.7. The number of carboxylic acid groups (broad SMARTS) is 1. The molecule has 0 aliphatic heterocycles. The van der Waals surface area contributed by atoms with Crippen molar-refractivity contribution in [3.63, 3.8) is 0 Å². The van der Waals surface area contributed by atoms with Crippen molar-refractivity contribution in [3.8, 4) is 0 Å². The topological polar surface area (TPSA) is 66.4 Å². The van der Waals surface area contributed by atoms with E-state index in [9.17, 15) is 9.59 Å². The van der Waals surface area contributed by atoms with Gasteiger partial charge in [0.1, 0.15) is 0 Å². The smallest absolute Gasteiger partial charge is 0.337 e. The van der Waals surface area contributed by atoms with Gasteiger partial charge in [-0.05, 0) is 36.2 Å². The minimum absolute atomic E-state index is 0.00336. The summed E-state index contributed by atoms with van der Waals surface area (Å²) in [4.78, 5) is 23.1. The normalized spacial score (nSPS) is 10.2. The van der Waals surface area contributed by atoms with Crippen molar-refractivity contribution in [2.24, 2.45) is 0 Å². The molecule has 0 bridgehead atoms. The number of benzene rings is 2. The van der Waals surface area contributed by atoms with E-state index < -0.39 is 5.97 Å². The Morgan fingerprint density at radius 2 is 1.86 bits per heavy atom. The van der Waals surface area contributed by atoms with Crippen LogP contribution in [-0.2, 0) is 6.42 Å². The van der Waals surface area contributed by atoms with Crippen LogP contribution in [0, 0.1) is 0 Å². The number of hydrogen-bond donors (Lipinski definition) is 2. The monoisotopic (exact) mass is 303 g/mol. The maximum Gasteiger partial charge on any atom is 0.337 e. The fourth-order valence-electron chi connectivity index (χ4n) is 2.01. The maximum atomic E-state index is 12.3. The summed E-state index contributed by atoms with van der Waals surface area (Å²) in [7, 11) is 0. The lowest BCUT2D eigenvalue weighted by Gasteiger charge is -2.09. The van der Waals surface area contributed by atoms with Gasteiger partial charge in [-0.3, -0.25) is 4.79 Å². The lowest BCUT2D eigenvalue weighted by atomic mass is 10.0. The summed E-state index contributed by atoms with van der Waals surface area (Å²) in [5.41, 5.74) is 2.01. The first kappa shape index (κ1) is 15.1. The quantitative estimate of drug-likeness (QED) is 0.901. The molecule has 2 N–H and O–H groups in total. The Bertz CT molecular complexity index is 698. The minimum atomic E-state index is -1.10. The summed E-state index contributed by atoms with van der Waals surface area (Å²) in [5.74, 6) is -1.35. The molecule has 0 unspecified atom stereocenters. The van der Waals surface area contributed by atoms with E-state index in [1.54, 1.807) is 12.1 Å². The van der Waals surface area contributed by atoms with Crippen LogP contribution in [0.5, 0.6) is 0 Å². The van der Waals surface area contributed by atoms with Gasteiger partial charge in [-0.15, -0.1) is 0 Å². The molecule has 0 heterocycles. The highest BCUT2D eigenvalue weighted by atomic mass is 35.5. The van der Waals surface area contributed by atoms with Crippen LogP contribution in [0.3, 0.4) is 0 Å². The second-order valence-electron chi connectivity index (χ2n) is 4.46. The second kappa shape index (κ2) is 6.41. The highest BCUT2D eigenvalue weighted by Gasteiger charge is 2.12. The zero-order valence-corrected chi connectivity index (χ0v) is 12.1. The number of carbonyl (C=O) groups excluding carboxylic acids is 1. The first-order chi connectivity index (χ1) is 10.0. The van der Waals surface area contributed by atoms with Crippen LogP contribution in [0.4, 0.5) is 5.69 Å². The molecule has 2 rings (SSSR count). The lowest BCUT2D eigenvalue weighted by molar-refractivity contribution is 0.0697. The third kappa shape index (κ3) is 3.41. The van der Waals surface area contributed by atoms with Crippen LogP contribution < -0.4 is 5.32 Å². The molecule has 0 aliphatic rings. The summed E-state index contributed by atoms with van der Waals surface area (Å²) in [6, 6.07) is 11.6. The molecule has 0 radical (unpaired) electrons. The number of anilines is 1. The molecule has 0 spiro atoms. The number of aryl methyl sites for hydroxylation is 1. The number of nitrogens with one attached hydrogen (secondary N) is 1. The average molecular weight is 304 g/mol. The van der Waals surface area contributed by atoms with Crippen LogP contribution in [0.25, 0.3) is 0 Å². The lowest BCUT2D eigenvalue weighted by Crippen LogP contribution is -2.14. The Morgan fingerprint density at radius 1 is 1.14 bits per heavy atom. The predicted octanol–water partition coefficient (Wildman–Crippen LogP) is 3.85. The molecule has 108 valence electrons. The van der Waals surface area contributed by atoms with Crippen LogP contribution in [-0.4, -0.2) is 17.0 Å². The van der Waals surface area contributed by atoms with Gasteiger partial charge in [0.15, 0.2) is 0 Å². The third-order valence-corrected chi connectivity index (χ3v) is 3.41. The molecule has 21 heavy (non-hydrogen) atoms. The van der Waals surface area contributed by atoms with Crippen molar-refractivity contribution in [3.05, 3.63) is 64.2 Å². The number of rotatable bonds is 4. The summed E-state index contributed by atoms with van der Waals surface area (Å²) < 4.78 is 0. The van der Waals surface area contributed by atoms with Crippen molar-refractivity contribution in [2.75, 3.05) is 5.32 Å². The van der Waals surface area contributed by atoms with E-state index in [1.807, 2.05) is 19.1 Å². The van der Waals surface area contributed by atoms with E-state index in [-0.39, 0.29) is 16.5 Å². The number of carbonyl (C=O) groups is 2. The van der Waals surface area contributed by atoms with Gasteiger partial charge in [-0.1, -0.05) is 36.7 Å². The van der Waals surface area contributed by atoms with Gasteiger partial charge in [-0.25, -0.2) is 4.79 Å². The van der Waals surface area contributed by atoms with Gasteiger partial charge in [0.2, 0.25) is 0 Å². The van der Waals surface area contributed by atoms with Gasteiger partial charge in [-0.2, -0.15) is 0 Å². The van der Waals surface area contributed by atoms with Gasteiger partial charge in [0.05, 0.1) is 10.6 Å². The Morgan fingerprint density at radius 3 is 2.48 bits per heavy atom. The molecule has 1 amide bonds. The molecule has 0 aromatic heterocycles. The zero-order chi connectivity index (χ0) is 15.4. The van der Waals surface area contributed by atoms with Crippen molar-refractivity contribution in [1.29, 1.82) is 0 Å². The molecule has 0 atom stereocenters.